The second kappa shape index (κ2) is 8.35. The van der Waals surface area contributed by atoms with Gasteiger partial charge < -0.3 is 10.1 Å². The SMILES string of the molecule is O=C1CCCC2=C1C(c1cccc(OCc3ccc(Cl)cc3)c1)C1=C(CCCC1=O)N2. The third-order valence-corrected chi connectivity index (χ3v) is 6.55. The Bertz CT molecular complexity index is 1070. The minimum atomic E-state index is -0.300. The maximum absolute atomic E-state index is 12.9. The molecular weight excluding hydrogens is 410 g/mol. The third-order valence-electron chi connectivity index (χ3n) is 6.30. The minimum Gasteiger partial charge on any atom is -0.489 e. The molecule has 1 N–H and O–H groups in total. The fraction of sp³-hybridized carbons (Fsp3) is 0.308. The molecule has 0 amide bonds. The van der Waals surface area contributed by atoms with Crippen LogP contribution in [0.15, 0.2) is 71.1 Å². The molecule has 0 spiro atoms. The van der Waals surface area contributed by atoms with E-state index < -0.39 is 0 Å². The molecule has 1 aliphatic heterocycles. The van der Waals surface area contributed by atoms with Crippen LogP contribution < -0.4 is 10.1 Å². The molecule has 0 atom stereocenters. The number of halogens is 1. The van der Waals surface area contributed by atoms with Gasteiger partial charge in [0.15, 0.2) is 11.6 Å². The van der Waals surface area contributed by atoms with Crippen LogP contribution >= 0.6 is 11.6 Å². The van der Waals surface area contributed by atoms with Gasteiger partial charge in [0.05, 0.1) is 0 Å². The first-order valence-corrected chi connectivity index (χ1v) is 11.2. The van der Waals surface area contributed by atoms with E-state index in [1.54, 1.807) is 0 Å². The first-order valence-electron chi connectivity index (χ1n) is 10.9. The molecule has 5 rings (SSSR count). The molecule has 4 nitrogen and oxygen atoms in total. The molecule has 0 saturated heterocycles. The van der Waals surface area contributed by atoms with Crippen LogP contribution in [-0.4, -0.2) is 11.6 Å². The number of carbonyl (C=O) groups is 2. The van der Waals surface area contributed by atoms with E-state index in [1.165, 1.54) is 0 Å². The smallest absolute Gasteiger partial charge is 0.161 e. The Balaban J connectivity index is 1.49. The Morgan fingerprint density at radius 3 is 2.16 bits per heavy atom. The van der Waals surface area contributed by atoms with E-state index >= 15 is 0 Å². The van der Waals surface area contributed by atoms with Gasteiger partial charge in [-0.2, -0.15) is 0 Å². The average molecular weight is 434 g/mol. The van der Waals surface area contributed by atoms with Gasteiger partial charge in [0.25, 0.3) is 0 Å². The van der Waals surface area contributed by atoms with Crippen molar-refractivity contribution in [3.8, 4) is 5.75 Å². The molecule has 2 aromatic rings. The summed E-state index contributed by atoms with van der Waals surface area (Å²) in [7, 11) is 0. The number of Topliss-reactive ketones (excluding diaryl/α,β-unsaturated/α-hetero) is 2. The number of benzene rings is 2. The summed E-state index contributed by atoms with van der Waals surface area (Å²) >= 11 is 5.96. The fourth-order valence-corrected chi connectivity index (χ4v) is 4.97. The molecule has 3 aliphatic rings. The van der Waals surface area contributed by atoms with Crippen LogP contribution in [-0.2, 0) is 16.2 Å². The normalized spacial score (nSPS) is 19.1. The van der Waals surface area contributed by atoms with E-state index in [1.807, 2.05) is 48.5 Å². The van der Waals surface area contributed by atoms with E-state index in [0.717, 1.165) is 65.1 Å². The van der Waals surface area contributed by atoms with Crippen LogP contribution in [0.25, 0.3) is 0 Å². The molecule has 1 heterocycles. The zero-order valence-corrected chi connectivity index (χ0v) is 18.0. The number of ketones is 2. The lowest BCUT2D eigenvalue weighted by atomic mass is 9.71. The van der Waals surface area contributed by atoms with Crippen LogP contribution in [0.5, 0.6) is 5.75 Å². The molecule has 0 bridgehead atoms. The Labute approximate surface area is 186 Å². The predicted molar refractivity (Wildman–Crippen MR) is 120 cm³/mol. The van der Waals surface area contributed by atoms with E-state index in [-0.39, 0.29) is 17.5 Å². The highest BCUT2D eigenvalue weighted by Crippen LogP contribution is 2.45. The van der Waals surface area contributed by atoms with Crippen molar-refractivity contribution < 1.29 is 14.3 Å². The average Bonchev–Trinajstić information content (AvgIpc) is 2.78. The molecule has 2 aliphatic carbocycles. The number of carbonyl (C=O) groups excluding carboxylic acids is 2. The van der Waals surface area contributed by atoms with Gasteiger partial charge in [-0.3, -0.25) is 9.59 Å². The number of hydrogen-bond donors (Lipinski definition) is 1. The van der Waals surface area contributed by atoms with Crippen LogP contribution in [0.3, 0.4) is 0 Å². The van der Waals surface area contributed by atoms with Crippen molar-refractivity contribution in [2.45, 2.75) is 51.0 Å². The lowest BCUT2D eigenvalue weighted by Gasteiger charge is -2.37. The fourth-order valence-electron chi connectivity index (χ4n) is 4.85. The number of dihydropyridines is 1. The highest BCUT2D eigenvalue weighted by Gasteiger charge is 2.40. The molecule has 2 aromatic carbocycles. The summed E-state index contributed by atoms with van der Waals surface area (Å²) in [6.45, 7) is 0.423. The van der Waals surface area contributed by atoms with Crippen molar-refractivity contribution in [3.05, 3.63) is 87.2 Å². The number of nitrogens with one attached hydrogen (secondary N) is 1. The van der Waals surface area contributed by atoms with Gasteiger partial charge in [0.1, 0.15) is 12.4 Å². The second-order valence-corrected chi connectivity index (χ2v) is 8.82. The van der Waals surface area contributed by atoms with Gasteiger partial charge >= 0.3 is 0 Å². The summed E-state index contributed by atoms with van der Waals surface area (Å²) in [6.07, 6.45) is 4.52. The van der Waals surface area contributed by atoms with E-state index in [4.69, 9.17) is 16.3 Å². The van der Waals surface area contributed by atoms with E-state index in [9.17, 15) is 9.59 Å². The number of ether oxygens (including phenoxy) is 1. The summed E-state index contributed by atoms with van der Waals surface area (Å²) in [4.78, 5) is 25.9. The van der Waals surface area contributed by atoms with Crippen molar-refractivity contribution in [2.24, 2.45) is 0 Å². The summed E-state index contributed by atoms with van der Waals surface area (Å²) in [5.41, 5.74) is 5.52. The topological polar surface area (TPSA) is 55.4 Å². The quantitative estimate of drug-likeness (QED) is 0.679. The van der Waals surface area contributed by atoms with Gasteiger partial charge in [-0.15, -0.1) is 0 Å². The Morgan fingerprint density at radius 2 is 1.52 bits per heavy atom. The minimum absolute atomic E-state index is 0.149. The molecular formula is C26H24ClNO3. The van der Waals surface area contributed by atoms with Gasteiger partial charge in [0.2, 0.25) is 0 Å². The van der Waals surface area contributed by atoms with Gasteiger partial charge in [0, 0.05) is 46.3 Å². The van der Waals surface area contributed by atoms with E-state index in [2.05, 4.69) is 5.32 Å². The molecule has 0 fully saturated rings. The molecule has 5 heteroatoms. The maximum atomic E-state index is 12.9. The highest BCUT2D eigenvalue weighted by atomic mass is 35.5. The van der Waals surface area contributed by atoms with Crippen LogP contribution in [0.2, 0.25) is 5.02 Å². The van der Waals surface area contributed by atoms with Gasteiger partial charge in [-0.05, 0) is 61.1 Å². The summed E-state index contributed by atoms with van der Waals surface area (Å²) in [6, 6.07) is 15.4. The van der Waals surface area contributed by atoms with Crippen molar-refractivity contribution in [2.75, 3.05) is 0 Å². The Kier molecular flexibility index (Phi) is 5.41. The van der Waals surface area contributed by atoms with Crippen molar-refractivity contribution in [3.63, 3.8) is 0 Å². The standard InChI is InChI=1S/C26H24ClNO3/c27-18-12-10-16(11-13-18)15-31-19-5-1-4-17(14-19)24-25-20(6-2-8-22(25)29)28-21-7-3-9-23(30)26(21)24/h1,4-5,10-14,24,28H,2-3,6-9,15H2. The molecule has 158 valence electrons. The zero-order valence-electron chi connectivity index (χ0n) is 17.2. The monoisotopic (exact) mass is 433 g/mol. The summed E-state index contributed by atoms with van der Waals surface area (Å²) in [5.74, 6) is 0.722. The Hall–Kier alpha value is -2.85. The summed E-state index contributed by atoms with van der Waals surface area (Å²) in [5, 5.41) is 4.15. The number of rotatable bonds is 4. The van der Waals surface area contributed by atoms with Crippen molar-refractivity contribution in [1.82, 2.24) is 5.32 Å². The first kappa shape index (κ1) is 20.1. The maximum Gasteiger partial charge on any atom is 0.161 e. The van der Waals surface area contributed by atoms with Crippen molar-refractivity contribution >= 4 is 23.2 Å². The largest absolute Gasteiger partial charge is 0.489 e. The molecule has 31 heavy (non-hydrogen) atoms. The molecule has 0 unspecified atom stereocenters. The summed E-state index contributed by atoms with van der Waals surface area (Å²) < 4.78 is 6.03. The van der Waals surface area contributed by atoms with Crippen molar-refractivity contribution in [1.29, 1.82) is 0 Å². The third kappa shape index (κ3) is 3.92. The van der Waals surface area contributed by atoms with Crippen LogP contribution in [0.4, 0.5) is 0 Å². The molecule has 0 aromatic heterocycles. The van der Waals surface area contributed by atoms with Crippen LogP contribution in [0, 0.1) is 0 Å². The van der Waals surface area contributed by atoms with Gasteiger partial charge in [-0.25, -0.2) is 0 Å². The second-order valence-electron chi connectivity index (χ2n) is 8.38. The first-order chi connectivity index (χ1) is 15.1. The Morgan fingerprint density at radius 1 is 0.871 bits per heavy atom. The number of allylic oxidation sites excluding steroid dienone is 4. The zero-order chi connectivity index (χ0) is 21.4. The molecule has 0 saturated carbocycles. The predicted octanol–water partition coefficient (Wildman–Crippen LogP) is 5.62. The van der Waals surface area contributed by atoms with E-state index in [0.29, 0.717) is 24.5 Å². The highest BCUT2D eigenvalue weighted by molar-refractivity contribution is 6.30. The number of hydrogen-bond acceptors (Lipinski definition) is 4. The lowest BCUT2D eigenvalue weighted by Crippen LogP contribution is -2.36. The molecule has 0 radical (unpaired) electrons. The lowest BCUT2D eigenvalue weighted by molar-refractivity contribution is -0.116. The van der Waals surface area contributed by atoms with Crippen LogP contribution in [0.1, 0.15) is 55.6 Å². The van der Waals surface area contributed by atoms with Gasteiger partial charge in [-0.1, -0.05) is 35.9 Å².